The van der Waals surface area contributed by atoms with Crippen LogP contribution in [0.25, 0.3) is 0 Å². The normalized spacial score (nSPS) is 31.5. The fraction of sp³-hybridized carbons (Fsp3) is 0.500. The summed E-state index contributed by atoms with van der Waals surface area (Å²) in [4.78, 5) is 10.9. The average molecular weight is 179 g/mol. The molecule has 2 unspecified atom stereocenters. The van der Waals surface area contributed by atoms with Gasteiger partial charge < -0.3 is 10.4 Å². The first-order chi connectivity index (χ1) is 6.29. The summed E-state index contributed by atoms with van der Waals surface area (Å²) >= 11 is 0. The number of aliphatic carboxylic acids is 1. The topological polar surface area (TPSA) is 49.3 Å². The Balaban J connectivity index is 2.20. The molecule has 1 fully saturated rings. The van der Waals surface area contributed by atoms with Crippen LogP contribution in [-0.2, 0) is 4.79 Å². The molecule has 0 saturated carbocycles. The van der Waals surface area contributed by atoms with Crippen LogP contribution in [0.3, 0.4) is 0 Å². The highest BCUT2D eigenvalue weighted by Gasteiger charge is 2.33. The summed E-state index contributed by atoms with van der Waals surface area (Å²) in [5.41, 5.74) is 1.10. The fourth-order valence-electron chi connectivity index (χ4n) is 2.09. The predicted octanol–water partition coefficient (Wildman–Crippen LogP) is 1.14. The highest BCUT2D eigenvalue weighted by atomic mass is 16.4. The van der Waals surface area contributed by atoms with Crippen molar-refractivity contribution in [2.24, 2.45) is 11.8 Å². The third-order valence-electron chi connectivity index (χ3n) is 2.79. The second kappa shape index (κ2) is 3.24. The van der Waals surface area contributed by atoms with Crippen molar-refractivity contribution in [1.29, 1.82) is 0 Å². The summed E-state index contributed by atoms with van der Waals surface area (Å²) in [6.07, 6.45) is 7.62. The average Bonchev–Trinajstić information content (AvgIpc) is 2.17. The lowest BCUT2D eigenvalue weighted by molar-refractivity contribution is -0.143. The first-order valence-electron chi connectivity index (χ1n) is 4.62. The maximum Gasteiger partial charge on any atom is 0.307 e. The van der Waals surface area contributed by atoms with Crippen molar-refractivity contribution in [3.8, 4) is 0 Å². The minimum atomic E-state index is -0.660. The number of hydrogen-bond acceptors (Lipinski definition) is 2. The second-order valence-corrected chi connectivity index (χ2v) is 3.55. The Bertz CT molecular complexity index is 281. The zero-order valence-electron chi connectivity index (χ0n) is 7.36. The van der Waals surface area contributed by atoms with E-state index in [2.05, 4.69) is 5.32 Å². The van der Waals surface area contributed by atoms with Gasteiger partial charge in [-0.25, -0.2) is 0 Å². The molecule has 0 spiro atoms. The van der Waals surface area contributed by atoms with Crippen LogP contribution in [0.2, 0.25) is 0 Å². The molecular formula is C10H13NO2. The van der Waals surface area contributed by atoms with Gasteiger partial charge in [-0.05, 0) is 18.9 Å². The SMILES string of the molecule is O=C(O)C1CCNC2=CC=CCC21. The van der Waals surface area contributed by atoms with Crippen molar-refractivity contribution < 1.29 is 9.90 Å². The lowest BCUT2D eigenvalue weighted by Crippen LogP contribution is -2.38. The van der Waals surface area contributed by atoms with Gasteiger partial charge >= 0.3 is 5.97 Å². The number of fused-ring (bicyclic) bond motifs is 1. The Labute approximate surface area is 77.1 Å². The second-order valence-electron chi connectivity index (χ2n) is 3.55. The number of hydrogen-bond donors (Lipinski definition) is 2. The molecule has 0 aromatic carbocycles. The Morgan fingerprint density at radius 2 is 2.46 bits per heavy atom. The lowest BCUT2D eigenvalue weighted by Gasteiger charge is -2.33. The molecule has 0 bridgehead atoms. The molecular weight excluding hydrogens is 166 g/mol. The van der Waals surface area contributed by atoms with Gasteiger partial charge in [0.15, 0.2) is 0 Å². The summed E-state index contributed by atoms with van der Waals surface area (Å²) < 4.78 is 0. The van der Waals surface area contributed by atoms with Crippen LogP contribution in [0.15, 0.2) is 23.9 Å². The molecule has 2 aliphatic rings. The minimum absolute atomic E-state index is 0.177. The van der Waals surface area contributed by atoms with E-state index in [4.69, 9.17) is 5.11 Å². The van der Waals surface area contributed by atoms with Gasteiger partial charge in [-0.1, -0.05) is 12.2 Å². The Morgan fingerprint density at radius 1 is 1.62 bits per heavy atom. The van der Waals surface area contributed by atoms with Crippen LogP contribution in [0.4, 0.5) is 0 Å². The molecule has 1 saturated heterocycles. The van der Waals surface area contributed by atoms with Gasteiger partial charge in [0.05, 0.1) is 5.92 Å². The largest absolute Gasteiger partial charge is 0.481 e. The van der Waals surface area contributed by atoms with Gasteiger partial charge in [0.1, 0.15) is 0 Å². The summed E-state index contributed by atoms with van der Waals surface area (Å²) in [6, 6.07) is 0. The third kappa shape index (κ3) is 1.46. The molecule has 13 heavy (non-hydrogen) atoms. The number of carboxylic acids is 1. The maximum absolute atomic E-state index is 10.9. The molecule has 3 heteroatoms. The molecule has 2 rings (SSSR count). The van der Waals surface area contributed by atoms with Crippen LogP contribution < -0.4 is 5.32 Å². The van der Waals surface area contributed by atoms with E-state index < -0.39 is 5.97 Å². The summed E-state index contributed by atoms with van der Waals surface area (Å²) in [5.74, 6) is -0.679. The van der Waals surface area contributed by atoms with E-state index >= 15 is 0 Å². The molecule has 1 heterocycles. The van der Waals surface area contributed by atoms with E-state index in [-0.39, 0.29) is 11.8 Å². The van der Waals surface area contributed by atoms with Crippen molar-refractivity contribution in [1.82, 2.24) is 5.32 Å². The van der Waals surface area contributed by atoms with Gasteiger partial charge in [-0.15, -0.1) is 0 Å². The molecule has 1 aliphatic heterocycles. The van der Waals surface area contributed by atoms with E-state index in [0.29, 0.717) is 0 Å². The number of nitrogens with one attached hydrogen (secondary N) is 1. The van der Waals surface area contributed by atoms with E-state index in [0.717, 1.165) is 25.1 Å². The highest BCUT2D eigenvalue weighted by Crippen LogP contribution is 2.31. The highest BCUT2D eigenvalue weighted by molar-refractivity contribution is 5.71. The molecule has 0 amide bonds. The van der Waals surface area contributed by atoms with Crippen LogP contribution >= 0.6 is 0 Å². The van der Waals surface area contributed by atoms with Gasteiger partial charge in [-0.3, -0.25) is 4.79 Å². The number of piperidine rings is 1. The van der Waals surface area contributed by atoms with E-state index in [1.807, 2.05) is 18.2 Å². The Morgan fingerprint density at radius 3 is 3.23 bits per heavy atom. The molecule has 70 valence electrons. The molecule has 0 aromatic heterocycles. The Hall–Kier alpha value is -1.25. The number of carboxylic acid groups (broad SMARTS) is 1. The van der Waals surface area contributed by atoms with E-state index in [9.17, 15) is 4.79 Å². The maximum atomic E-state index is 10.9. The van der Waals surface area contributed by atoms with Crippen molar-refractivity contribution in [2.45, 2.75) is 12.8 Å². The van der Waals surface area contributed by atoms with Crippen molar-refractivity contribution >= 4 is 5.97 Å². The molecule has 0 radical (unpaired) electrons. The van der Waals surface area contributed by atoms with E-state index in [1.165, 1.54) is 0 Å². The number of rotatable bonds is 1. The third-order valence-corrected chi connectivity index (χ3v) is 2.79. The van der Waals surface area contributed by atoms with E-state index in [1.54, 1.807) is 0 Å². The van der Waals surface area contributed by atoms with Crippen LogP contribution in [-0.4, -0.2) is 17.6 Å². The van der Waals surface area contributed by atoms with Crippen molar-refractivity contribution in [3.63, 3.8) is 0 Å². The monoisotopic (exact) mass is 179 g/mol. The number of allylic oxidation sites excluding steroid dienone is 4. The lowest BCUT2D eigenvalue weighted by atomic mass is 9.80. The van der Waals surface area contributed by atoms with Gasteiger partial charge in [-0.2, -0.15) is 0 Å². The zero-order valence-corrected chi connectivity index (χ0v) is 7.36. The van der Waals surface area contributed by atoms with Crippen LogP contribution in [0, 0.1) is 11.8 Å². The first-order valence-corrected chi connectivity index (χ1v) is 4.62. The van der Waals surface area contributed by atoms with Crippen molar-refractivity contribution in [3.05, 3.63) is 23.9 Å². The molecule has 3 nitrogen and oxygen atoms in total. The quantitative estimate of drug-likeness (QED) is 0.634. The molecule has 2 atom stereocenters. The van der Waals surface area contributed by atoms with Gasteiger partial charge in [0.2, 0.25) is 0 Å². The smallest absolute Gasteiger partial charge is 0.307 e. The standard InChI is InChI=1S/C10H13NO2/c12-10(13)8-5-6-11-9-4-2-1-3-7(8)9/h1-2,4,7-8,11H,3,5-6H2,(H,12,13). The summed E-state index contributed by atoms with van der Waals surface area (Å²) in [5, 5.41) is 12.3. The summed E-state index contributed by atoms with van der Waals surface area (Å²) in [6.45, 7) is 0.785. The number of carbonyl (C=O) groups is 1. The zero-order chi connectivity index (χ0) is 9.26. The Kier molecular flexibility index (Phi) is 2.08. The fourth-order valence-corrected chi connectivity index (χ4v) is 2.09. The van der Waals surface area contributed by atoms with Crippen LogP contribution in [0.1, 0.15) is 12.8 Å². The predicted molar refractivity (Wildman–Crippen MR) is 49.1 cm³/mol. The van der Waals surface area contributed by atoms with Gasteiger partial charge in [0.25, 0.3) is 0 Å². The van der Waals surface area contributed by atoms with Crippen molar-refractivity contribution in [2.75, 3.05) is 6.54 Å². The molecule has 1 aliphatic carbocycles. The van der Waals surface area contributed by atoms with Gasteiger partial charge in [0, 0.05) is 18.2 Å². The molecule has 2 N–H and O–H groups in total. The summed E-state index contributed by atoms with van der Waals surface area (Å²) in [7, 11) is 0. The molecule has 0 aromatic rings. The first kappa shape index (κ1) is 8.35. The van der Waals surface area contributed by atoms with Crippen LogP contribution in [0.5, 0.6) is 0 Å². The minimum Gasteiger partial charge on any atom is -0.481 e.